The number of nitrogens with one attached hydrogen (secondary N) is 1. The molecule has 4 rings (SSSR count). The number of piperidine rings is 1. The highest BCUT2D eigenvalue weighted by Gasteiger charge is 2.53. The summed E-state index contributed by atoms with van der Waals surface area (Å²) >= 11 is 0. The molecule has 0 bridgehead atoms. The van der Waals surface area contributed by atoms with Crippen LogP contribution in [0.25, 0.3) is 0 Å². The zero-order valence-electron chi connectivity index (χ0n) is 18.4. The SMILES string of the molecule is Nc1cc(CN2CCC(NC(=O)[C@](O)(c3ccccc3)[C@@H]3CCC(F)(F)C3)CC2)ccc1F. The number of amides is 1. The summed E-state index contributed by atoms with van der Waals surface area (Å²) in [7, 11) is 0. The molecule has 2 fully saturated rings. The Hall–Kier alpha value is -2.58. The standard InChI is InChI=1S/C25H30F3N3O2/c26-21-7-6-17(14-22(21)29)16-31-12-9-20(10-13-31)30-23(32)25(33,18-4-2-1-3-5-18)19-8-11-24(27,28)15-19/h1-7,14,19-20,33H,8-13,15-16,29H2,(H,30,32)/t19-,25+/m1/s1. The van der Waals surface area contributed by atoms with E-state index in [2.05, 4.69) is 10.2 Å². The van der Waals surface area contributed by atoms with E-state index in [4.69, 9.17) is 5.73 Å². The molecule has 1 amide bonds. The molecule has 0 radical (unpaired) electrons. The van der Waals surface area contributed by atoms with Gasteiger partial charge >= 0.3 is 0 Å². The molecule has 2 aromatic carbocycles. The molecule has 1 aliphatic heterocycles. The lowest BCUT2D eigenvalue weighted by Crippen LogP contribution is -2.54. The van der Waals surface area contributed by atoms with Crippen LogP contribution >= 0.6 is 0 Å². The molecule has 1 heterocycles. The molecule has 0 unspecified atom stereocenters. The van der Waals surface area contributed by atoms with Gasteiger partial charge in [-0.1, -0.05) is 36.4 Å². The number of alkyl halides is 2. The second-order valence-corrected chi connectivity index (χ2v) is 9.31. The predicted octanol–water partition coefficient (Wildman–Crippen LogP) is 3.81. The molecule has 5 nitrogen and oxygen atoms in total. The highest BCUT2D eigenvalue weighted by atomic mass is 19.3. The van der Waals surface area contributed by atoms with E-state index < -0.39 is 35.6 Å². The number of hydrogen-bond acceptors (Lipinski definition) is 4. The van der Waals surface area contributed by atoms with Crippen LogP contribution in [0.4, 0.5) is 18.9 Å². The minimum atomic E-state index is -2.87. The van der Waals surface area contributed by atoms with E-state index in [0.717, 1.165) is 5.56 Å². The van der Waals surface area contributed by atoms with Gasteiger partial charge in [-0.2, -0.15) is 0 Å². The molecule has 2 aromatic rings. The van der Waals surface area contributed by atoms with Crippen molar-refractivity contribution < 1.29 is 23.1 Å². The number of rotatable bonds is 6. The van der Waals surface area contributed by atoms with E-state index in [1.807, 2.05) is 0 Å². The van der Waals surface area contributed by atoms with Gasteiger partial charge in [0.2, 0.25) is 5.92 Å². The number of hydrogen-bond donors (Lipinski definition) is 3. The molecular weight excluding hydrogens is 431 g/mol. The second kappa shape index (κ2) is 9.35. The van der Waals surface area contributed by atoms with Gasteiger partial charge in [0.15, 0.2) is 5.60 Å². The van der Waals surface area contributed by atoms with Crippen LogP contribution in [-0.4, -0.2) is 41.0 Å². The first kappa shape index (κ1) is 23.6. The molecule has 0 aromatic heterocycles. The molecule has 1 aliphatic carbocycles. The average Bonchev–Trinajstić information content (AvgIpc) is 3.17. The van der Waals surface area contributed by atoms with Crippen molar-refractivity contribution in [3.8, 4) is 0 Å². The fourth-order valence-corrected chi connectivity index (χ4v) is 5.03. The molecule has 1 saturated carbocycles. The number of nitrogens with two attached hydrogens (primary N) is 1. The fourth-order valence-electron chi connectivity index (χ4n) is 5.03. The summed E-state index contributed by atoms with van der Waals surface area (Å²) in [5.41, 5.74) is 5.03. The van der Waals surface area contributed by atoms with E-state index in [-0.39, 0.29) is 24.6 Å². The number of carbonyl (C=O) groups is 1. The van der Waals surface area contributed by atoms with Crippen molar-refractivity contribution in [3.63, 3.8) is 0 Å². The lowest BCUT2D eigenvalue weighted by Gasteiger charge is -2.37. The molecule has 33 heavy (non-hydrogen) atoms. The number of nitrogen functional groups attached to an aromatic ring is 1. The van der Waals surface area contributed by atoms with Crippen molar-refractivity contribution in [1.29, 1.82) is 0 Å². The number of likely N-dealkylation sites (tertiary alicyclic amines) is 1. The normalized spacial score (nSPS) is 23.2. The highest BCUT2D eigenvalue weighted by molar-refractivity contribution is 5.87. The third-order valence-electron chi connectivity index (χ3n) is 6.94. The van der Waals surface area contributed by atoms with Gasteiger partial charge in [-0.25, -0.2) is 13.2 Å². The summed E-state index contributed by atoms with van der Waals surface area (Å²) in [4.78, 5) is 15.5. The van der Waals surface area contributed by atoms with Gasteiger partial charge in [0.05, 0.1) is 5.69 Å². The fraction of sp³-hybridized carbons (Fsp3) is 0.480. The minimum Gasteiger partial charge on any atom is -0.396 e. The van der Waals surface area contributed by atoms with E-state index in [9.17, 15) is 23.1 Å². The van der Waals surface area contributed by atoms with Crippen LogP contribution in [0.15, 0.2) is 48.5 Å². The van der Waals surface area contributed by atoms with Crippen LogP contribution in [0.5, 0.6) is 0 Å². The Labute approximate surface area is 191 Å². The Morgan fingerprint density at radius 2 is 1.85 bits per heavy atom. The topological polar surface area (TPSA) is 78.6 Å². The molecule has 0 spiro atoms. The van der Waals surface area contributed by atoms with Crippen molar-refractivity contribution in [2.45, 2.75) is 56.2 Å². The van der Waals surface area contributed by atoms with Gasteiger partial charge in [-0.15, -0.1) is 0 Å². The van der Waals surface area contributed by atoms with Crippen LogP contribution in [0.3, 0.4) is 0 Å². The summed E-state index contributed by atoms with van der Waals surface area (Å²) in [6.07, 6.45) is 0.574. The van der Waals surface area contributed by atoms with Crippen molar-refractivity contribution >= 4 is 11.6 Å². The minimum absolute atomic E-state index is 0.0884. The summed E-state index contributed by atoms with van der Waals surface area (Å²) < 4.78 is 41.3. The first-order valence-corrected chi connectivity index (χ1v) is 11.4. The molecule has 178 valence electrons. The maximum atomic E-state index is 14.0. The van der Waals surface area contributed by atoms with Crippen LogP contribution in [0, 0.1) is 11.7 Å². The van der Waals surface area contributed by atoms with Crippen molar-refractivity contribution in [2.24, 2.45) is 5.92 Å². The zero-order valence-corrected chi connectivity index (χ0v) is 18.4. The lowest BCUT2D eigenvalue weighted by molar-refractivity contribution is -0.149. The molecule has 2 aliphatic rings. The Kier molecular flexibility index (Phi) is 6.68. The number of halogens is 3. The molecule has 2 atom stereocenters. The van der Waals surface area contributed by atoms with Gasteiger partial charge in [0.25, 0.3) is 5.91 Å². The second-order valence-electron chi connectivity index (χ2n) is 9.31. The maximum absolute atomic E-state index is 14.0. The quantitative estimate of drug-likeness (QED) is 0.572. The Morgan fingerprint density at radius 1 is 1.15 bits per heavy atom. The van der Waals surface area contributed by atoms with Gasteiger partial charge < -0.3 is 16.2 Å². The Balaban J connectivity index is 1.40. The van der Waals surface area contributed by atoms with Gasteiger partial charge in [0, 0.05) is 44.4 Å². The van der Waals surface area contributed by atoms with E-state index >= 15 is 0 Å². The monoisotopic (exact) mass is 461 g/mol. The van der Waals surface area contributed by atoms with Gasteiger partial charge in [-0.05, 0) is 42.5 Å². The molecule has 1 saturated heterocycles. The van der Waals surface area contributed by atoms with Crippen LogP contribution in [0.2, 0.25) is 0 Å². The Morgan fingerprint density at radius 3 is 2.45 bits per heavy atom. The van der Waals surface area contributed by atoms with Crippen molar-refractivity contribution in [3.05, 3.63) is 65.5 Å². The maximum Gasteiger partial charge on any atom is 0.257 e. The molecule has 4 N–H and O–H groups in total. The third kappa shape index (κ3) is 5.17. The van der Waals surface area contributed by atoms with Crippen molar-refractivity contribution in [2.75, 3.05) is 18.8 Å². The summed E-state index contributed by atoms with van der Waals surface area (Å²) in [6, 6.07) is 12.9. The number of aliphatic hydroxyl groups is 1. The first-order chi connectivity index (χ1) is 15.7. The summed E-state index contributed by atoms with van der Waals surface area (Å²) in [6.45, 7) is 2.03. The van der Waals surface area contributed by atoms with Crippen LogP contribution in [0.1, 0.15) is 43.2 Å². The van der Waals surface area contributed by atoms with E-state index in [1.54, 1.807) is 42.5 Å². The third-order valence-corrected chi connectivity index (χ3v) is 6.94. The summed E-state index contributed by atoms with van der Waals surface area (Å²) in [5, 5.41) is 14.4. The van der Waals surface area contributed by atoms with Crippen LogP contribution < -0.4 is 11.1 Å². The van der Waals surface area contributed by atoms with E-state index in [0.29, 0.717) is 38.0 Å². The smallest absolute Gasteiger partial charge is 0.257 e. The predicted molar refractivity (Wildman–Crippen MR) is 120 cm³/mol. The zero-order chi connectivity index (χ0) is 23.6. The van der Waals surface area contributed by atoms with Crippen LogP contribution in [-0.2, 0) is 16.9 Å². The molecule has 8 heteroatoms. The number of nitrogens with zero attached hydrogens (tertiary/aromatic N) is 1. The highest BCUT2D eigenvalue weighted by Crippen LogP contribution is 2.47. The number of benzene rings is 2. The summed E-state index contributed by atoms with van der Waals surface area (Å²) in [5.74, 6) is -4.77. The first-order valence-electron chi connectivity index (χ1n) is 11.4. The largest absolute Gasteiger partial charge is 0.396 e. The average molecular weight is 462 g/mol. The van der Waals surface area contributed by atoms with Gasteiger partial charge in [0.1, 0.15) is 5.82 Å². The van der Waals surface area contributed by atoms with Gasteiger partial charge in [-0.3, -0.25) is 9.69 Å². The van der Waals surface area contributed by atoms with Crippen molar-refractivity contribution in [1.82, 2.24) is 10.2 Å². The van der Waals surface area contributed by atoms with E-state index in [1.165, 1.54) is 6.07 Å². The number of anilines is 1. The lowest BCUT2D eigenvalue weighted by atomic mass is 9.79. The Bertz CT molecular complexity index is 980. The molecular formula is C25H30F3N3O2. The number of carbonyl (C=O) groups excluding carboxylic acids is 1.